The van der Waals surface area contributed by atoms with Crippen LogP contribution in [0.1, 0.15) is 31.9 Å². The fraction of sp³-hybridized carbons (Fsp3) is 0.500. The summed E-state index contributed by atoms with van der Waals surface area (Å²) in [7, 11) is 0. The Morgan fingerprint density at radius 3 is 1.85 bits per heavy atom. The molecule has 1 heteroatoms. The third-order valence-corrected chi connectivity index (χ3v) is 1.53. The molecular formula is C12H21N. The van der Waals surface area contributed by atoms with Gasteiger partial charge in [0.05, 0.1) is 0 Å². The predicted octanol–water partition coefficient (Wildman–Crippen LogP) is 2.91. The highest BCUT2D eigenvalue weighted by molar-refractivity contribution is 5.20. The van der Waals surface area contributed by atoms with Gasteiger partial charge in [-0.1, -0.05) is 50.6 Å². The monoisotopic (exact) mass is 179 g/mol. The lowest BCUT2D eigenvalue weighted by Crippen LogP contribution is -2.06. The molecular weight excluding hydrogens is 158 g/mol. The zero-order valence-electron chi connectivity index (χ0n) is 9.17. The van der Waals surface area contributed by atoms with E-state index < -0.39 is 0 Å². The summed E-state index contributed by atoms with van der Waals surface area (Å²) in [5.41, 5.74) is 7.87. The minimum absolute atomic E-state index is 0.333. The van der Waals surface area contributed by atoms with E-state index in [1.807, 2.05) is 13.8 Å². The summed E-state index contributed by atoms with van der Waals surface area (Å²) in [6.07, 6.45) is 1.14. The third kappa shape index (κ3) is 7.54. The Morgan fingerprint density at radius 2 is 1.54 bits per heavy atom. The van der Waals surface area contributed by atoms with Gasteiger partial charge in [0.25, 0.3) is 0 Å². The van der Waals surface area contributed by atoms with Crippen LogP contribution in [0.4, 0.5) is 0 Å². The first-order chi connectivity index (χ1) is 6.06. The first-order valence-electron chi connectivity index (χ1n) is 4.87. The molecule has 1 nitrogen and oxygen atoms in total. The molecule has 0 radical (unpaired) electrons. The molecule has 0 unspecified atom stereocenters. The van der Waals surface area contributed by atoms with E-state index in [0.717, 1.165) is 6.42 Å². The molecule has 0 fully saturated rings. The van der Waals surface area contributed by atoms with Gasteiger partial charge in [0.2, 0.25) is 0 Å². The number of aryl methyl sites for hydroxylation is 2. The van der Waals surface area contributed by atoms with Crippen LogP contribution in [0, 0.1) is 6.92 Å². The molecule has 0 heterocycles. The van der Waals surface area contributed by atoms with Crippen LogP contribution in [0.2, 0.25) is 0 Å². The van der Waals surface area contributed by atoms with E-state index in [9.17, 15) is 0 Å². The quantitative estimate of drug-likeness (QED) is 0.704. The molecule has 0 aliphatic carbocycles. The van der Waals surface area contributed by atoms with E-state index >= 15 is 0 Å². The van der Waals surface area contributed by atoms with Crippen LogP contribution in [0.3, 0.4) is 0 Å². The van der Waals surface area contributed by atoms with E-state index in [1.165, 1.54) is 11.1 Å². The molecule has 13 heavy (non-hydrogen) atoms. The highest BCUT2D eigenvalue weighted by Gasteiger charge is 1.84. The lowest BCUT2D eigenvalue weighted by Gasteiger charge is -1.94. The third-order valence-electron chi connectivity index (χ3n) is 1.53. The van der Waals surface area contributed by atoms with Crippen molar-refractivity contribution in [3.8, 4) is 0 Å². The van der Waals surface area contributed by atoms with Crippen LogP contribution >= 0.6 is 0 Å². The average Bonchev–Trinajstić information content (AvgIpc) is 2.05. The van der Waals surface area contributed by atoms with Crippen molar-refractivity contribution in [2.24, 2.45) is 5.73 Å². The Hall–Kier alpha value is -0.820. The summed E-state index contributed by atoms with van der Waals surface area (Å²) in [6.45, 7) is 8.17. The van der Waals surface area contributed by atoms with Gasteiger partial charge in [0, 0.05) is 0 Å². The molecule has 1 aromatic carbocycles. The molecule has 0 bridgehead atoms. The average molecular weight is 179 g/mol. The molecule has 0 aliphatic heterocycles. The molecule has 0 atom stereocenters. The minimum Gasteiger partial charge on any atom is -0.328 e. The fourth-order valence-corrected chi connectivity index (χ4v) is 0.824. The summed E-state index contributed by atoms with van der Waals surface area (Å²) >= 11 is 0. The van der Waals surface area contributed by atoms with Crippen molar-refractivity contribution in [3.63, 3.8) is 0 Å². The lowest BCUT2D eigenvalue weighted by molar-refractivity contribution is 0.834. The second kappa shape index (κ2) is 6.67. The standard InChI is InChI=1S/C9H12.C3H9N/c1-3-9-6-4-8(2)5-7-9;1-3(2)4/h4-7H,3H2,1-2H3;3H,4H2,1-2H3. The number of hydrogen-bond acceptors (Lipinski definition) is 1. The van der Waals surface area contributed by atoms with E-state index in [0.29, 0.717) is 6.04 Å². The normalized spacial score (nSPS) is 9.38. The van der Waals surface area contributed by atoms with Gasteiger partial charge in [-0.2, -0.15) is 0 Å². The van der Waals surface area contributed by atoms with Gasteiger partial charge in [0.1, 0.15) is 0 Å². The molecule has 0 saturated heterocycles. The lowest BCUT2D eigenvalue weighted by atomic mass is 10.1. The van der Waals surface area contributed by atoms with Gasteiger partial charge in [0.15, 0.2) is 0 Å². The van der Waals surface area contributed by atoms with Gasteiger partial charge in [-0.3, -0.25) is 0 Å². The number of hydrogen-bond donors (Lipinski definition) is 1. The summed E-state index contributed by atoms with van der Waals surface area (Å²) < 4.78 is 0. The largest absolute Gasteiger partial charge is 0.328 e. The molecule has 0 saturated carbocycles. The molecule has 74 valence electrons. The highest BCUT2D eigenvalue weighted by atomic mass is 14.6. The second-order valence-electron chi connectivity index (χ2n) is 3.58. The summed E-state index contributed by atoms with van der Waals surface area (Å²) in [6, 6.07) is 8.99. The van der Waals surface area contributed by atoms with Crippen LogP contribution in [0.15, 0.2) is 24.3 Å². The predicted molar refractivity (Wildman–Crippen MR) is 59.9 cm³/mol. The van der Waals surface area contributed by atoms with Crippen molar-refractivity contribution >= 4 is 0 Å². The minimum atomic E-state index is 0.333. The Kier molecular flexibility index (Phi) is 6.25. The second-order valence-corrected chi connectivity index (χ2v) is 3.58. The van der Waals surface area contributed by atoms with Crippen molar-refractivity contribution in [2.75, 3.05) is 0 Å². The van der Waals surface area contributed by atoms with Gasteiger partial charge < -0.3 is 5.73 Å². The van der Waals surface area contributed by atoms with E-state index in [4.69, 9.17) is 5.73 Å². The van der Waals surface area contributed by atoms with Crippen LogP contribution in [0.5, 0.6) is 0 Å². The molecule has 0 aromatic heterocycles. The zero-order chi connectivity index (χ0) is 10.3. The van der Waals surface area contributed by atoms with Gasteiger partial charge >= 0.3 is 0 Å². The Labute approximate surface area is 82.0 Å². The summed E-state index contributed by atoms with van der Waals surface area (Å²) in [5, 5.41) is 0. The smallest absolute Gasteiger partial charge is 0.00179 e. The van der Waals surface area contributed by atoms with Crippen molar-refractivity contribution < 1.29 is 0 Å². The van der Waals surface area contributed by atoms with Gasteiger partial charge in [-0.25, -0.2) is 0 Å². The van der Waals surface area contributed by atoms with Crippen molar-refractivity contribution in [1.29, 1.82) is 0 Å². The van der Waals surface area contributed by atoms with Crippen LogP contribution in [-0.4, -0.2) is 6.04 Å². The summed E-state index contributed by atoms with van der Waals surface area (Å²) in [4.78, 5) is 0. The summed E-state index contributed by atoms with van der Waals surface area (Å²) in [5.74, 6) is 0. The van der Waals surface area contributed by atoms with Crippen LogP contribution in [0.25, 0.3) is 0 Å². The fourth-order valence-electron chi connectivity index (χ4n) is 0.824. The van der Waals surface area contributed by atoms with Crippen LogP contribution < -0.4 is 5.73 Å². The van der Waals surface area contributed by atoms with E-state index in [2.05, 4.69) is 38.1 Å². The highest BCUT2D eigenvalue weighted by Crippen LogP contribution is 2.02. The number of benzene rings is 1. The van der Waals surface area contributed by atoms with E-state index in [-0.39, 0.29) is 0 Å². The molecule has 0 amide bonds. The number of nitrogens with two attached hydrogens (primary N) is 1. The maximum absolute atomic E-state index is 5.11. The SMILES string of the molecule is CC(C)N.CCc1ccc(C)cc1. The molecule has 0 spiro atoms. The molecule has 0 aliphatic rings. The van der Waals surface area contributed by atoms with Gasteiger partial charge in [-0.15, -0.1) is 0 Å². The Bertz CT molecular complexity index is 208. The first-order valence-corrected chi connectivity index (χ1v) is 4.87. The van der Waals surface area contributed by atoms with Crippen LogP contribution in [-0.2, 0) is 6.42 Å². The van der Waals surface area contributed by atoms with Crippen molar-refractivity contribution in [2.45, 2.75) is 40.2 Å². The zero-order valence-corrected chi connectivity index (χ0v) is 9.17. The van der Waals surface area contributed by atoms with Gasteiger partial charge in [-0.05, 0) is 24.9 Å². The Morgan fingerprint density at radius 1 is 1.15 bits per heavy atom. The topological polar surface area (TPSA) is 26.0 Å². The molecule has 1 rings (SSSR count). The number of rotatable bonds is 1. The molecule has 2 N–H and O–H groups in total. The van der Waals surface area contributed by atoms with Crippen molar-refractivity contribution in [3.05, 3.63) is 35.4 Å². The first kappa shape index (κ1) is 12.2. The van der Waals surface area contributed by atoms with Crippen molar-refractivity contribution in [1.82, 2.24) is 0 Å². The molecule has 1 aromatic rings. The Balaban J connectivity index is 0.000000310. The van der Waals surface area contributed by atoms with E-state index in [1.54, 1.807) is 0 Å². The maximum atomic E-state index is 5.11. The maximum Gasteiger partial charge on any atom is -0.00179 e.